The van der Waals surface area contributed by atoms with Gasteiger partial charge in [0, 0.05) is 66.3 Å². The second kappa shape index (κ2) is 9.27. The average molecular weight is 533 g/mol. The summed E-state index contributed by atoms with van der Waals surface area (Å²) in [5, 5.41) is 23.1. The minimum absolute atomic E-state index is 0.141. The highest BCUT2D eigenvalue weighted by molar-refractivity contribution is 7.18. The molecule has 0 N–H and O–H groups in total. The molecule has 0 saturated heterocycles. The number of halogens is 2. The van der Waals surface area contributed by atoms with Crippen molar-refractivity contribution in [3.8, 4) is 22.3 Å². The second-order valence-electron chi connectivity index (χ2n) is 7.37. The molecular formula is C23H14Cl2N2O5S2. The molecule has 0 bridgehead atoms. The van der Waals surface area contributed by atoms with E-state index < -0.39 is 9.85 Å². The first-order valence-corrected chi connectivity index (χ1v) is 12.1. The summed E-state index contributed by atoms with van der Waals surface area (Å²) in [4.78, 5) is 37.7. The van der Waals surface area contributed by atoms with Gasteiger partial charge in [-0.15, -0.1) is 22.7 Å². The smallest absolute Gasteiger partial charge is 0.270 e. The number of hydrogen-bond acceptors (Lipinski definition) is 7. The van der Waals surface area contributed by atoms with Gasteiger partial charge in [-0.25, -0.2) is 0 Å². The standard InChI is InChI=1S/C23H14Cl2N2O5S2/c1-11-7-17(15-9-13(26(29)30)3-5-19(15)24)22(33-11)21(28)23-18(8-12(2)34-23)16-10-14(27(31)32)4-6-20(16)25/h3-10H,1-2H3. The lowest BCUT2D eigenvalue weighted by Gasteiger charge is -2.08. The first kappa shape index (κ1) is 24.0. The number of nitro benzene ring substituents is 2. The van der Waals surface area contributed by atoms with Crippen LogP contribution in [0, 0.1) is 34.1 Å². The fourth-order valence-electron chi connectivity index (χ4n) is 3.54. The molecular weight excluding hydrogens is 519 g/mol. The summed E-state index contributed by atoms with van der Waals surface area (Å²) < 4.78 is 0. The van der Waals surface area contributed by atoms with Crippen LogP contribution in [0.15, 0.2) is 48.5 Å². The molecule has 172 valence electrons. The van der Waals surface area contributed by atoms with Gasteiger partial charge in [-0.3, -0.25) is 25.0 Å². The van der Waals surface area contributed by atoms with E-state index in [2.05, 4.69) is 0 Å². The van der Waals surface area contributed by atoms with Crippen molar-refractivity contribution in [3.05, 3.63) is 98.3 Å². The number of aryl methyl sites for hydroxylation is 2. The van der Waals surface area contributed by atoms with Gasteiger partial charge in [-0.1, -0.05) is 23.2 Å². The van der Waals surface area contributed by atoms with Crippen LogP contribution < -0.4 is 0 Å². The largest absolute Gasteiger partial charge is 0.287 e. The lowest BCUT2D eigenvalue weighted by molar-refractivity contribution is -0.385. The Bertz CT molecular complexity index is 1380. The zero-order chi connectivity index (χ0) is 24.7. The number of nitro groups is 2. The first-order chi connectivity index (χ1) is 16.1. The summed E-state index contributed by atoms with van der Waals surface area (Å²) in [6, 6.07) is 11.7. The molecule has 0 aliphatic heterocycles. The number of carbonyl (C=O) groups excluding carboxylic acids is 1. The highest BCUT2D eigenvalue weighted by Crippen LogP contribution is 2.43. The molecule has 0 spiro atoms. The van der Waals surface area contributed by atoms with Crippen LogP contribution in [-0.2, 0) is 0 Å². The number of nitrogens with zero attached hydrogens (tertiary/aromatic N) is 2. The van der Waals surface area contributed by atoms with Gasteiger partial charge in [0.15, 0.2) is 0 Å². The van der Waals surface area contributed by atoms with Crippen LogP contribution in [0.3, 0.4) is 0 Å². The zero-order valence-electron chi connectivity index (χ0n) is 17.6. The van der Waals surface area contributed by atoms with Gasteiger partial charge in [0.1, 0.15) is 0 Å². The molecule has 4 rings (SSSR count). The zero-order valence-corrected chi connectivity index (χ0v) is 20.8. The van der Waals surface area contributed by atoms with E-state index in [4.69, 9.17) is 23.2 Å². The highest BCUT2D eigenvalue weighted by Gasteiger charge is 2.26. The van der Waals surface area contributed by atoms with Crippen molar-refractivity contribution in [1.82, 2.24) is 0 Å². The summed E-state index contributed by atoms with van der Waals surface area (Å²) >= 11 is 15.2. The number of rotatable bonds is 6. The molecule has 2 aromatic heterocycles. The molecule has 0 aliphatic carbocycles. The quantitative estimate of drug-likeness (QED) is 0.141. The van der Waals surface area contributed by atoms with Crippen molar-refractivity contribution in [1.29, 1.82) is 0 Å². The molecule has 0 aliphatic rings. The number of thiophene rings is 2. The lowest BCUT2D eigenvalue weighted by atomic mass is 9.99. The van der Waals surface area contributed by atoms with Crippen molar-refractivity contribution in [2.75, 3.05) is 0 Å². The van der Waals surface area contributed by atoms with Gasteiger partial charge in [-0.2, -0.15) is 0 Å². The van der Waals surface area contributed by atoms with Crippen molar-refractivity contribution in [2.45, 2.75) is 13.8 Å². The average Bonchev–Trinajstić information content (AvgIpc) is 3.36. The first-order valence-electron chi connectivity index (χ1n) is 9.71. The van der Waals surface area contributed by atoms with Crippen LogP contribution in [0.4, 0.5) is 11.4 Å². The van der Waals surface area contributed by atoms with E-state index in [1.165, 1.54) is 59.1 Å². The maximum Gasteiger partial charge on any atom is 0.270 e. The van der Waals surface area contributed by atoms with Crippen molar-refractivity contribution < 1.29 is 14.6 Å². The molecule has 4 aromatic rings. The molecule has 2 aromatic carbocycles. The molecule has 0 amide bonds. The SMILES string of the molecule is Cc1cc(-c2cc([N+](=O)[O-])ccc2Cl)c(C(=O)c2sc(C)cc2-c2cc([N+](=O)[O-])ccc2Cl)s1. The lowest BCUT2D eigenvalue weighted by Crippen LogP contribution is -2.01. The topological polar surface area (TPSA) is 103 Å². The molecule has 0 unspecified atom stereocenters. The third kappa shape index (κ3) is 4.47. The summed E-state index contributed by atoms with van der Waals surface area (Å²) in [6.07, 6.45) is 0. The van der Waals surface area contributed by atoms with Gasteiger partial charge in [0.05, 0.1) is 19.6 Å². The summed E-state index contributed by atoms with van der Waals surface area (Å²) in [5.41, 5.74) is 1.46. The van der Waals surface area contributed by atoms with Crippen LogP contribution in [-0.4, -0.2) is 15.6 Å². The maximum atomic E-state index is 13.8. The Balaban J connectivity index is 1.89. The van der Waals surface area contributed by atoms with Crippen LogP contribution in [0.1, 0.15) is 24.3 Å². The van der Waals surface area contributed by atoms with E-state index in [9.17, 15) is 25.0 Å². The second-order valence-corrected chi connectivity index (χ2v) is 10.7. The molecule has 11 heteroatoms. The van der Waals surface area contributed by atoms with E-state index in [1.54, 1.807) is 12.1 Å². The predicted octanol–water partition coefficient (Wildman–Crippen LogP) is 8.11. The molecule has 2 heterocycles. The summed E-state index contributed by atoms with van der Waals surface area (Å²) in [6.45, 7) is 3.66. The van der Waals surface area contributed by atoms with Gasteiger partial charge in [0.2, 0.25) is 5.78 Å². The summed E-state index contributed by atoms with van der Waals surface area (Å²) in [5.74, 6) is -0.314. The Morgan fingerprint density at radius 2 is 1.09 bits per heavy atom. The van der Waals surface area contributed by atoms with Gasteiger partial charge < -0.3 is 0 Å². The fraction of sp³-hybridized carbons (Fsp3) is 0.0870. The van der Waals surface area contributed by atoms with Crippen LogP contribution >= 0.6 is 45.9 Å². The van der Waals surface area contributed by atoms with Crippen LogP contribution in [0.2, 0.25) is 10.0 Å². The maximum absolute atomic E-state index is 13.8. The number of benzene rings is 2. The highest BCUT2D eigenvalue weighted by atomic mass is 35.5. The number of hydrogen-bond donors (Lipinski definition) is 0. The van der Waals surface area contributed by atoms with Gasteiger partial charge in [0.25, 0.3) is 11.4 Å². The third-order valence-electron chi connectivity index (χ3n) is 5.02. The predicted molar refractivity (Wildman–Crippen MR) is 136 cm³/mol. The molecule has 0 radical (unpaired) electrons. The Labute approximate surface area is 211 Å². The number of ketones is 1. The van der Waals surface area contributed by atoms with Crippen molar-refractivity contribution >= 4 is 63.0 Å². The minimum atomic E-state index is -0.522. The van der Waals surface area contributed by atoms with Gasteiger partial charge >= 0.3 is 0 Å². The number of non-ortho nitro benzene ring substituents is 2. The van der Waals surface area contributed by atoms with Crippen LogP contribution in [0.25, 0.3) is 22.3 Å². The Morgan fingerprint density at radius 1 is 0.706 bits per heavy atom. The van der Waals surface area contributed by atoms with E-state index in [1.807, 2.05) is 13.8 Å². The minimum Gasteiger partial charge on any atom is -0.287 e. The normalized spacial score (nSPS) is 10.9. The Morgan fingerprint density at radius 3 is 1.44 bits per heavy atom. The molecule has 0 fully saturated rings. The van der Waals surface area contributed by atoms with E-state index in [0.717, 1.165) is 9.75 Å². The van der Waals surface area contributed by atoms with Crippen molar-refractivity contribution in [3.63, 3.8) is 0 Å². The molecule has 0 atom stereocenters. The van der Waals surface area contributed by atoms with Crippen molar-refractivity contribution in [2.24, 2.45) is 0 Å². The third-order valence-corrected chi connectivity index (χ3v) is 7.78. The Hall–Kier alpha value is -3.11. The number of carbonyl (C=O) groups is 1. The van der Waals surface area contributed by atoms with E-state index in [-0.39, 0.29) is 27.2 Å². The van der Waals surface area contributed by atoms with Gasteiger partial charge in [-0.05, 0) is 38.1 Å². The fourth-order valence-corrected chi connectivity index (χ4v) is 5.98. The molecule has 7 nitrogen and oxygen atoms in total. The van der Waals surface area contributed by atoms with E-state index >= 15 is 0 Å². The van der Waals surface area contributed by atoms with E-state index in [0.29, 0.717) is 32.0 Å². The Kier molecular flexibility index (Phi) is 6.55. The summed E-state index contributed by atoms with van der Waals surface area (Å²) in [7, 11) is 0. The molecule has 34 heavy (non-hydrogen) atoms. The molecule has 0 saturated carbocycles. The monoisotopic (exact) mass is 532 g/mol. The van der Waals surface area contributed by atoms with Crippen LogP contribution in [0.5, 0.6) is 0 Å².